The van der Waals surface area contributed by atoms with Crippen LogP contribution in [0.5, 0.6) is 0 Å². The second kappa shape index (κ2) is 4.40. The Morgan fingerprint density at radius 1 is 1.53 bits per heavy atom. The van der Waals surface area contributed by atoms with Gasteiger partial charge in [-0.05, 0) is 25.5 Å². The van der Waals surface area contributed by atoms with Crippen LogP contribution in [0.25, 0.3) is 0 Å². The Kier molecular flexibility index (Phi) is 2.95. The summed E-state index contributed by atoms with van der Waals surface area (Å²) in [4.78, 5) is 26.4. The zero-order chi connectivity index (χ0) is 12.4. The number of amides is 1. The summed E-state index contributed by atoms with van der Waals surface area (Å²) in [6, 6.07) is 3.04. The molecule has 6 heteroatoms. The first kappa shape index (κ1) is 11.4. The van der Waals surface area contributed by atoms with Crippen molar-refractivity contribution in [1.29, 1.82) is 0 Å². The third-order valence-corrected chi connectivity index (χ3v) is 2.57. The van der Waals surface area contributed by atoms with E-state index in [0.717, 1.165) is 5.69 Å². The van der Waals surface area contributed by atoms with Crippen LogP contribution in [-0.4, -0.2) is 28.0 Å². The maximum atomic E-state index is 11.7. The quantitative estimate of drug-likeness (QED) is 0.726. The number of hydrogen-bond acceptors (Lipinski definition) is 4. The lowest BCUT2D eigenvalue weighted by Crippen LogP contribution is -2.39. The Morgan fingerprint density at radius 3 is 3.00 bits per heavy atom. The molecule has 0 radical (unpaired) electrons. The number of carboxylic acids is 1. The Labute approximate surface area is 98.1 Å². The number of carboxylic acid groups (broad SMARTS) is 1. The lowest BCUT2D eigenvalue weighted by molar-refractivity contribution is -0.137. The van der Waals surface area contributed by atoms with Crippen molar-refractivity contribution in [2.75, 3.05) is 10.6 Å². The number of fused-ring (bicyclic) bond motifs is 1. The number of carbonyl (C=O) groups excluding carboxylic acids is 1. The molecule has 1 aliphatic heterocycles. The number of aryl methyl sites for hydroxylation is 1. The van der Waals surface area contributed by atoms with Crippen LogP contribution in [0.1, 0.15) is 18.5 Å². The number of anilines is 2. The van der Waals surface area contributed by atoms with Crippen LogP contribution in [0.2, 0.25) is 0 Å². The van der Waals surface area contributed by atoms with Gasteiger partial charge in [-0.1, -0.05) is 0 Å². The van der Waals surface area contributed by atoms with Gasteiger partial charge in [-0.25, -0.2) is 4.98 Å². The molecule has 1 amide bonds. The maximum absolute atomic E-state index is 11.7. The van der Waals surface area contributed by atoms with Gasteiger partial charge in [-0.15, -0.1) is 0 Å². The van der Waals surface area contributed by atoms with Gasteiger partial charge in [-0.3, -0.25) is 9.59 Å². The first-order valence-corrected chi connectivity index (χ1v) is 5.33. The van der Waals surface area contributed by atoms with E-state index in [-0.39, 0.29) is 18.7 Å². The predicted octanol–water partition coefficient (Wildman–Crippen LogP) is 0.987. The van der Waals surface area contributed by atoms with Gasteiger partial charge in [0.2, 0.25) is 5.91 Å². The largest absolute Gasteiger partial charge is 0.481 e. The number of nitrogens with one attached hydrogen (secondary N) is 2. The third kappa shape index (κ3) is 2.52. The van der Waals surface area contributed by atoms with Crippen LogP contribution >= 0.6 is 0 Å². The number of aliphatic carboxylic acids is 1. The Balaban J connectivity index is 2.14. The molecule has 0 aliphatic carbocycles. The Morgan fingerprint density at radius 2 is 2.29 bits per heavy atom. The van der Waals surface area contributed by atoms with Crippen LogP contribution < -0.4 is 10.6 Å². The highest BCUT2D eigenvalue weighted by Gasteiger charge is 2.26. The molecule has 2 rings (SSSR count). The highest BCUT2D eigenvalue weighted by Crippen LogP contribution is 2.25. The number of nitrogens with zero attached hydrogens (tertiary/aromatic N) is 1. The number of aromatic nitrogens is 1. The SMILES string of the molecule is Cc1ccc2c(n1)NC(CCC(=O)O)C(=O)N2. The van der Waals surface area contributed by atoms with E-state index in [1.165, 1.54) is 0 Å². The maximum Gasteiger partial charge on any atom is 0.303 e. The molecule has 90 valence electrons. The van der Waals surface area contributed by atoms with Crippen molar-refractivity contribution in [1.82, 2.24) is 4.98 Å². The van der Waals surface area contributed by atoms with Crippen LogP contribution in [0.3, 0.4) is 0 Å². The smallest absolute Gasteiger partial charge is 0.303 e. The first-order valence-electron chi connectivity index (χ1n) is 5.33. The fraction of sp³-hybridized carbons (Fsp3) is 0.364. The first-order chi connectivity index (χ1) is 8.06. The van der Waals surface area contributed by atoms with Crippen LogP contribution in [0.4, 0.5) is 11.5 Å². The zero-order valence-corrected chi connectivity index (χ0v) is 9.36. The summed E-state index contributed by atoms with van der Waals surface area (Å²) >= 11 is 0. The molecule has 1 unspecified atom stereocenters. The minimum absolute atomic E-state index is 0.0494. The molecule has 1 aliphatic rings. The van der Waals surface area contributed by atoms with E-state index in [4.69, 9.17) is 5.11 Å². The van der Waals surface area contributed by atoms with Crippen molar-refractivity contribution in [2.24, 2.45) is 0 Å². The van der Waals surface area contributed by atoms with Gasteiger partial charge in [0.1, 0.15) is 6.04 Å². The molecule has 0 aromatic carbocycles. The summed E-state index contributed by atoms with van der Waals surface area (Å²) < 4.78 is 0. The van der Waals surface area contributed by atoms with Gasteiger partial charge in [-0.2, -0.15) is 0 Å². The van der Waals surface area contributed by atoms with Gasteiger partial charge in [0, 0.05) is 12.1 Å². The summed E-state index contributed by atoms with van der Waals surface area (Å²) in [5.41, 5.74) is 1.47. The van der Waals surface area contributed by atoms with Crippen LogP contribution in [-0.2, 0) is 9.59 Å². The van der Waals surface area contributed by atoms with E-state index in [2.05, 4.69) is 15.6 Å². The summed E-state index contributed by atoms with van der Waals surface area (Å²) in [7, 11) is 0. The number of hydrogen-bond donors (Lipinski definition) is 3. The molecule has 17 heavy (non-hydrogen) atoms. The Hall–Kier alpha value is -2.11. The van der Waals surface area contributed by atoms with Crippen LogP contribution in [0, 0.1) is 6.92 Å². The minimum atomic E-state index is -0.914. The molecule has 0 saturated heterocycles. The molecule has 0 saturated carbocycles. The van der Waals surface area contributed by atoms with E-state index < -0.39 is 12.0 Å². The summed E-state index contributed by atoms with van der Waals surface area (Å²) in [6.07, 6.45) is 0.197. The highest BCUT2D eigenvalue weighted by atomic mass is 16.4. The highest BCUT2D eigenvalue weighted by molar-refractivity contribution is 6.02. The fourth-order valence-corrected chi connectivity index (χ4v) is 1.69. The number of pyridine rings is 1. The second-order valence-corrected chi connectivity index (χ2v) is 3.97. The van der Waals surface area contributed by atoms with Crippen molar-refractivity contribution in [3.05, 3.63) is 17.8 Å². The third-order valence-electron chi connectivity index (χ3n) is 2.57. The van der Waals surface area contributed by atoms with E-state index in [1.807, 2.05) is 6.92 Å². The molecule has 0 fully saturated rings. The van der Waals surface area contributed by atoms with Crippen molar-refractivity contribution < 1.29 is 14.7 Å². The molecule has 2 heterocycles. The standard InChI is InChI=1S/C11H13N3O3/c1-6-2-3-7-10(12-6)13-8(11(17)14-7)4-5-9(15)16/h2-3,8H,4-5H2,1H3,(H,12,13)(H,14,17)(H,15,16). The lowest BCUT2D eigenvalue weighted by atomic mass is 10.1. The van der Waals surface area contributed by atoms with Gasteiger partial charge >= 0.3 is 5.97 Å². The molecule has 3 N–H and O–H groups in total. The molecule has 1 aromatic heterocycles. The van der Waals surface area contributed by atoms with Crippen molar-refractivity contribution in [3.8, 4) is 0 Å². The van der Waals surface area contributed by atoms with Crippen molar-refractivity contribution >= 4 is 23.4 Å². The molecular formula is C11H13N3O3. The summed E-state index contributed by atoms with van der Waals surface area (Å²) in [5, 5.41) is 14.3. The molecule has 0 bridgehead atoms. The predicted molar refractivity (Wildman–Crippen MR) is 61.9 cm³/mol. The normalized spacial score (nSPS) is 17.9. The monoisotopic (exact) mass is 235 g/mol. The van der Waals surface area contributed by atoms with E-state index in [9.17, 15) is 9.59 Å². The minimum Gasteiger partial charge on any atom is -0.481 e. The summed E-state index contributed by atoms with van der Waals surface area (Å²) in [6.45, 7) is 1.85. The van der Waals surface area contributed by atoms with Crippen LogP contribution in [0.15, 0.2) is 12.1 Å². The zero-order valence-electron chi connectivity index (χ0n) is 9.36. The lowest BCUT2D eigenvalue weighted by Gasteiger charge is -2.25. The fourth-order valence-electron chi connectivity index (χ4n) is 1.69. The number of carbonyl (C=O) groups is 2. The second-order valence-electron chi connectivity index (χ2n) is 3.97. The van der Waals surface area contributed by atoms with Gasteiger partial charge in [0.25, 0.3) is 0 Å². The van der Waals surface area contributed by atoms with Crippen molar-refractivity contribution in [3.63, 3.8) is 0 Å². The van der Waals surface area contributed by atoms with E-state index >= 15 is 0 Å². The van der Waals surface area contributed by atoms with Crippen molar-refractivity contribution in [2.45, 2.75) is 25.8 Å². The number of rotatable bonds is 3. The Bertz CT molecular complexity index is 473. The topological polar surface area (TPSA) is 91.3 Å². The molecule has 1 atom stereocenters. The van der Waals surface area contributed by atoms with E-state index in [0.29, 0.717) is 11.5 Å². The molecule has 0 spiro atoms. The average Bonchev–Trinajstić information content (AvgIpc) is 2.26. The van der Waals surface area contributed by atoms with Gasteiger partial charge in [0.05, 0.1) is 5.69 Å². The molecular weight excluding hydrogens is 222 g/mol. The molecule has 1 aromatic rings. The molecule has 6 nitrogen and oxygen atoms in total. The average molecular weight is 235 g/mol. The van der Waals surface area contributed by atoms with Gasteiger partial charge in [0.15, 0.2) is 5.82 Å². The van der Waals surface area contributed by atoms with Gasteiger partial charge < -0.3 is 15.7 Å². The van der Waals surface area contributed by atoms with E-state index in [1.54, 1.807) is 12.1 Å². The summed E-state index contributed by atoms with van der Waals surface area (Å²) in [5.74, 6) is -0.535.